The molecular weight excluding hydrogens is 216 g/mol. The minimum atomic E-state index is -0.747. The number of rotatable bonds is 1. The van der Waals surface area contributed by atoms with Crippen molar-refractivity contribution >= 4 is 17.8 Å². The summed E-state index contributed by atoms with van der Waals surface area (Å²) in [5.74, 6) is 0.116. The molecule has 0 bridgehead atoms. The van der Waals surface area contributed by atoms with Gasteiger partial charge >= 0.3 is 5.97 Å². The first-order valence-corrected chi connectivity index (χ1v) is 5.91. The number of hydrogen-bond acceptors (Lipinski definition) is 2. The molecule has 17 heavy (non-hydrogen) atoms. The fourth-order valence-corrected chi connectivity index (χ4v) is 2.67. The molecule has 2 aliphatic rings. The van der Waals surface area contributed by atoms with E-state index in [2.05, 4.69) is 18.2 Å². The zero-order chi connectivity index (χ0) is 11.8. The summed E-state index contributed by atoms with van der Waals surface area (Å²) < 4.78 is 5.70. The largest absolute Gasteiger partial charge is 0.496 e. The second-order valence-electron chi connectivity index (χ2n) is 4.67. The van der Waals surface area contributed by atoms with E-state index < -0.39 is 5.97 Å². The lowest BCUT2D eigenvalue weighted by Gasteiger charge is -2.31. The summed E-state index contributed by atoms with van der Waals surface area (Å²) in [5.41, 5.74) is 0. The van der Waals surface area contributed by atoms with Gasteiger partial charge in [-0.2, -0.15) is 0 Å². The van der Waals surface area contributed by atoms with Gasteiger partial charge in [0.15, 0.2) is 0 Å². The molecule has 1 aliphatic carbocycles. The highest BCUT2D eigenvalue weighted by molar-refractivity contribution is 5.71. The second kappa shape index (κ2) is 3.91. The zero-order valence-corrected chi connectivity index (χ0v) is 9.43. The van der Waals surface area contributed by atoms with E-state index in [0.29, 0.717) is 13.0 Å². The SMILES string of the molecule is O=C(O)C1COC2=c3ccccc3=CCC2C1. The molecule has 3 rings (SSSR count). The Morgan fingerprint density at radius 3 is 3.00 bits per heavy atom. The predicted molar refractivity (Wildman–Crippen MR) is 63.4 cm³/mol. The van der Waals surface area contributed by atoms with Gasteiger partial charge in [0.2, 0.25) is 0 Å². The van der Waals surface area contributed by atoms with Crippen molar-refractivity contribution in [2.24, 2.45) is 11.8 Å². The van der Waals surface area contributed by atoms with Crippen LogP contribution in [-0.2, 0) is 9.53 Å². The summed E-state index contributed by atoms with van der Waals surface area (Å²) in [6.07, 6.45) is 3.75. The van der Waals surface area contributed by atoms with E-state index in [1.165, 1.54) is 5.22 Å². The molecule has 0 radical (unpaired) electrons. The number of carbonyl (C=O) groups is 1. The predicted octanol–water partition coefficient (Wildman–Crippen LogP) is 0.716. The quantitative estimate of drug-likeness (QED) is 0.773. The third-order valence-corrected chi connectivity index (χ3v) is 3.58. The molecule has 0 saturated carbocycles. The van der Waals surface area contributed by atoms with Gasteiger partial charge in [-0.3, -0.25) is 4.79 Å². The normalized spacial score (nSPS) is 26.2. The fourth-order valence-electron chi connectivity index (χ4n) is 2.67. The molecule has 1 saturated heterocycles. The molecule has 3 heteroatoms. The fraction of sp³-hybridized carbons (Fsp3) is 0.357. The third kappa shape index (κ3) is 1.71. The Morgan fingerprint density at radius 2 is 2.18 bits per heavy atom. The highest BCUT2D eigenvalue weighted by Gasteiger charge is 2.32. The summed E-state index contributed by atoms with van der Waals surface area (Å²) in [7, 11) is 0. The summed E-state index contributed by atoms with van der Waals surface area (Å²) in [6, 6.07) is 8.13. The summed E-state index contributed by atoms with van der Waals surface area (Å²) in [4.78, 5) is 11.0. The Morgan fingerprint density at radius 1 is 1.35 bits per heavy atom. The van der Waals surface area contributed by atoms with Gasteiger partial charge in [-0.1, -0.05) is 30.3 Å². The summed E-state index contributed by atoms with van der Waals surface area (Å²) in [5, 5.41) is 11.4. The summed E-state index contributed by atoms with van der Waals surface area (Å²) in [6.45, 7) is 0.301. The molecular formula is C14H14O3. The van der Waals surface area contributed by atoms with Crippen LogP contribution < -0.4 is 10.4 Å². The molecule has 3 nitrogen and oxygen atoms in total. The van der Waals surface area contributed by atoms with Gasteiger partial charge in [0.25, 0.3) is 0 Å². The minimum absolute atomic E-state index is 0.236. The van der Waals surface area contributed by atoms with Crippen LogP contribution in [0.15, 0.2) is 24.3 Å². The van der Waals surface area contributed by atoms with Crippen molar-refractivity contribution in [2.75, 3.05) is 6.61 Å². The van der Waals surface area contributed by atoms with Crippen LogP contribution in [0.2, 0.25) is 0 Å². The molecule has 2 unspecified atom stereocenters. The second-order valence-corrected chi connectivity index (χ2v) is 4.67. The van der Waals surface area contributed by atoms with Crippen LogP contribution >= 0.6 is 0 Å². The molecule has 0 aromatic heterocycles. The topological polar surface area (TPSA) is 46.5 Å². The third-order valence-electron chi connectivity index (χ3n) is 3.58. The number of ether oxygens (including phenoxy) is 1. The van der Waals surface area contributed by atoms with E-state index in [-0.39, 0.29) is 11.8 Å². The van der Waals surface area contributed by atoms with Crippen LogP contribution in [0.1, 0.15) is 12.8 Å². The number of hydrogen-bond donors (Lipinski definition) is 1. The van der Waals surface area contributed by atoms with Crippen molar-refractivity contribution in [3.8, 4) is 0 Å². The van der Waals surface area contributed by atoms with E-state index in [1.54, 1.807) is 0 Å². The van der Waals surface area contributed by atoms with Crippen LogP contribution in [0.5, 0.6) is 0 Å². The first-order chi connectivity index (χ1) is 8.25. The van der Waals surface area contributed by atoms with E-state index in [1.807, 2.05) is 12.1 Å². The Labute approximate surface area is 99.0 Å². The van der Waals surface area contributed by atoms with Crippen molar-refractivity contribution in [3.63, 3.8) is 0 Å². The highest BCUT2D eigenvalue weighted by Crippen LogP contribution is 2.32. The number of aliphatic carboxylic acids is 1. The molecule has 1 heterocycles. The van der Waals surface area contributed by atoms with E-state index >= 15 is 0 Å². The van der Waals surface area contributed by atoms with Gasteiger partial charge in [-0.25, -0.2) is 0 Å². The molecule has 1 aliphatic heterocycles. The van der Waals surface area contributed by atoms with Gasteiger partial charge in [0, 0.05) is 11.1 Å². The molecule has 88 valence electrons. The van der Waals surface area contributed by atoms with Crippen LogP contribution in [-0.4, -0.2) is 17.7 Å². The summed E-state index contributed by atoms with van der Waals surface area (Å²) >= 11 is 0. The van der Waals surface area contributed by atoms with Crippen LogP contribution in [0.3, 0.4) is 0 Å². The van der Waals surface area contributed by atoms with Gasteiger partial charge in [-0.15, -0.1) is 0 Å². The number of carboxylic acids is 1. The highest BCUT2D eigenvalue weighted by atomic mass is 16.5. The molecule has 1 N–H and O–H groups in total. The van der Waals surface area contributed by atoms with Crippen LogP contribution in [0, 0.1) is 11.8 Å². The van der Waals surface area contributed by atoms with E-state index in [0.717, 1.165) is 17.4 Å². The first kappa shape index (κ1) is 10.4. The molecule has 1 aromatic rings. The molecule has 2 atom stereocenters. The number of carboxylic acid groups (broad SMARTS) is 1. The average Bonchev–Trinajstić information content (AvgIpc) is 2.38. The molecule has 0 amide bonds. The average molecular weight is 230 g/mol. The lowest BCUT2D eigenvalue weighted by molar-refractivity contribution is -0.144. The number of benzene rings is 1. The maximum atomic E-state index is 11.0. The van der Waals surface area contributed by atoms with Crippen molar-refractivity contribution in [1.82, 2.24) is 0 Å². The van der Waals surface area contributed by atoms with Gasteiger partial charge < -0.3 is 9.84 Å². The van der Waals surface area contributed by atoms with Crippen molar-refractivity contribution in [2.45, 2.75) is 12.8 Å². The van der Waals surface area contributed by atoms with Gasteiger partial charge in [0.1, 0.15) is 12.4 Å². The maximum Gasteiger partial charge on any atom is 0.309 e. The van der Waals surface area contributed by atoms with Crippen LogP contribution in [0.25, 0.3) is 11.8 Å². The molecule has 1 fully saturated rings. The van der Waals surface area contributed by atoms with Crippen LogP contribution in [0.4, 0.5) is 0 Å². The van der Waals surface area contributed by atoms with E-state index in [9.17, 15) is 4.79 Å². The maximum absolute atomic E-state index is 11.0. The van der Waals surface area contributed by atoms with Gasteiger partial charge in [0.05, 0.1) is 5.92 Å². The van der Waals surface area contributed by atoms with E-state index in [4.69, 9.17) is 9.84 Å². The van der Waals surface area contributed by atoms with Crippen molar-refractivity contribution in [1.29, 1.82) is 0 Å². The lowest BCUT2D eigenvalue weighted by Crippen LogP contribution is -2.39. The smallest absolute Gasteiger partial charge is 0.309 e. The first-order valence-electron chi connectivity index (χ1n) is 5.91. The minimum Gasteiger partial charge on any atom is -0.496 e. The molecule has 1 aromatic carbocycles. The van der Waals surface area contributed by atoms with Gasteiger partial charge in [-0.05, 0) is 18.1 Å². The Balaban J connectivity index is 2.03. The lowest BCUT2D eigenvalue weighted by atomic mass is 9.85. The zero-order valence-electron chi connectivity index (χ0n) is 9.43. The monoisotopic (exact) mass is 230 g/mol. The number of fused-ring (bicyclic) bond motifs is 2. The Bertz CT molecular complexity index is 573. The molecule has 0 spiro atoms. The van der Waals surface area contributed by atoms with Crippen molar-refractivity contribution in [3.05, 3.63) is 34.7 Å². The standard InChI is InChI=1S/C14H14O3/c15-14(16)11-7-10-6-5-9-3-1-2-4-12(9)13(10)17-8-11/h1-5,10-11H,6-8H2,(H,15,16). The van der Waals surface area contributed by atoms with Crippen molar-refractivity contribution < 1.29 is 14.6 Å². The Kier molecular flexibility index (Phi) is 2.39. The Hall–Kier alpha value is -1.77.